The highest BCUT2D eigenvalue weighted by Gasteiger charge is 2.25. The van der Waals surface area contributed by atoms with Gasteiger partial charge in [0.1, 0.15) is 0 Å². The van der Waals surface area contributed by atoms with E-state index >= 15 is 0 Å². The number of amides is 1. The molecule has 0 saturated carbocycles. The number of pyridine rings is 1. The van der Waals surface area contributed by atoms with Gasteiger partial charge in [0.25, 0.3) is 0 Å². The van der Waals surface area contributed by atoms with Crippen LogP contribution in [0.3, 0.4) is 0 Å². The van der Waals surface area contributed by atoms with Crippen LogP contribution in [0.1, 0.15) is 32.3 Å². The molecule has 1 amide bonds. The van der Waals surface area contributed by atoms with Crippen molar-refractivity contribution in [3.63, 3.8) is 0 Å². The van der Waals surface area contributed by atoms with E-state index in [1.807, 2.05) is 30.2 Å². The van der Waals surface area contributed by atoms with E-state index in [1.165, 1.54) is 0 Å². The zero-order valence-electron chi connectivity index (χ0n) is 15.5. The molecule has 1 aromatic carbocycles. The normalized spacial score (nSPS) is 17.5. The summed E-state index contributed by atoms with van der Waals surface area (Å²) in [5, 5.41) is 7.90. The molecule has 0 bridgehead atoms. The van der Waals surface area contributed by atoms with Gasteiger partial charge in [-0.05, 0) is 25.0 Å². The topological polar surface area (TPSA) is 69.6 Å². The van der Waals surface area contributed by atoms with Crippen LogP contribution < -0.4 is 10.6 Å². The van der Waals surface area contributed by atoms with Gasteiger partial charge in [-0.3, -0.25) is 9.78 Å². The summed E-state index contributed by atoms with van der Waals surface area (Å²) in [6.07, 6.45) is 3.33. The molecule has 1 saturated heterocycles. The third-order valence-corrected chi connectivity index (χ3v) is 4.65. The molecule has 1 atom stereocenters. The molecule has 0 aliphatic carbocycles. The lowest BCUT2D eigenvalue weighted by Gasteiger charge is -2.18. The van der Waals surface area contributed by atoms with E-state index in [-0.39, 0.29) is 11.9 Å². The highest BCUT2D eigenvalue weighted by atomic mass is 16.2. The molecule has 1 unspecified atom stereocenters. The number of benzene rings is 1. The highest BCUT2D eigenvalue weighted by Crippen LogP contribution is 2.16. The minimum absolute atomic E-state index is 0.220. The number of fused-ring (bicyclic) bond motifs is 1. The summed E-state index contributed by atoms with van der Waals surface area (Å²) >= 11 is 0. The second-order valence-corrected chi connectivity index (χ2v) is 6.51. The Hall–Kier alpha value is -2.63. The number of guanidine groups is 1. The molecule has 0 spiro atoms. The summed E-state index contributed by atoms with van der Waals surface area (Å²) in [5.41, 5.74) is 2.10. The van der Waals surface area contributed by atoms with Crippen molar-refractivity contribution in [1.29, 1.82) is 0 Å². The van der Waals surface area contributed by atoms with Crippen LogP contribution in [0.4, 0.5) is 0 Å². The molecule has 6 nitrogen and oxygen atoms in total. The molecule has 138 valence electrons. The second kappa shape index (κ2) is 8.65. The predicted octanol–water partition coefficient (Wildman–Crippen LogP) is 2.30. The Balaban J connectivity index is 1.68. The van der Waals surface area contributed by atoms with Gasteiger partial charge in [-0.1, -0.05) is 31.2 Å². The maximum Gasteiger partial charge on any atom is 0.222 e. The first-order chi connectivity index (χ1) is 12.7. The fourth-order valence-corrected chi connectivity index (χ4v) is 3.30. The van der Waals surface area contributed by atoms with E-state index in [0.717, 1.165) is 48.5 Å². The maximum absolute atomic E-state index is 11.9. The average molecular weight is 353 g/mol. The Morgan fingerprint density at radius 1 is 1.31 bits per heavy atom. The molecule has 1 aliphatic rings. The van der Waals surface area contributed by atoms with E-state index in [9.17, 15) is 4.79 Å². The van der Waals surface area contributed by atoms with Gasteiger partial charge in [-0.25, -0.2) is 4.99 Å². The van der Waals surface area contributed by atoms with Gasteiger partial charge in [0, 0.05) is 43.7 Å². The van der Waals surface area contributed by atoms with E-state index in [0.29, 0.717) is 13.0 Å². The van der Waals surface area contributed by atoms with Crippen LogP contribution in [0, 0.1) is 0 Å². The molecule has 2 heterocycles. The standard InChI is InChI=1S/C20H27N5O/c1-3-18(26)25-12-10-17(14-25)24-20(21-4-2)23-13-16-8-5-7-15-9-6-11-22-19(15)16/h5-9,11,17H,3-4,10,12-14H2,1-2H3,(H2,21,23,24). The Labute approximate surface area is 154 Å². The fraction of sp³-hybridized carbons (Fsp3) is 0.450. The number of hydrogen-bond acceptors (Lipinski definition) is 3. The number of rotatable bonds is 5. The van der Waals surface area contributed by atoms with Crippen LogP contribution >= 0.6 is 0 Å². The molecule has 1 aromatic heterocycles. The molecular weight excluding hydrogens is 326 g/mol. The molecule has 1 fully saturated rings. The number of carbonyl (C=O) groups excluding carboxylic acids is 1. The first-order valence-corrected chi connectivity index (χ1v) is 9.36. The lowest BCUT2D eigenvalue weighted by atomic mass is 10.1. The number of nitrogens with zero attached hydrogens (tertiary/aromatic N) is 3. The number of nitrogens with one attached hydrogen (secondary N) is 2. The Morgan fingerprint density at radius 3 is 2.96 bits per heavy atom. The number of aromatic nitrogens is 1. The largest absolute Gasteiger partial charge is 0.357 e. The maximum atomic E-state index is 11.9. The van der Waals surface area contributed by atoms with Gasteiger partial charge in [-0.2, -0.15) is 0 Å². The number of para-hydroxylation sites is 1. The van der Waals surface area contributed by atoms with Crippen molar-refractivity contribution in [2.24, 2.45) is 4.99 Å². The highest BCUT2D eigenvalue weighted by molar-refractivity contribution is 5.83. The predicted molar refractivity (Wildman–Crippen MR) is 105 cm³/mol. The van der Waals surface area contributed by atoms with Crippen LogP contribution in [-0.2, 0) is 11.3 Å². The quantitative estimate of drug-likeness (QED) is 0.639. The summed E-state index contributed by atoms with van der Waals surface area (Å²) in [4.78, 5) is 23.0. The SMILES string of the molecule is CCNC(=NCc1cccc2cccnc12)NC1CCN(C(=O)CC)C1. The molecule has 3 rings (SSSR count). The van der Waals surface area contributed by atoms with Gasteiger partial charge < -0.3 is 15.5 Å². The van der Waals surface area contributed by atoms with Crippen molar-refractivity contribution in [3.05, 3.63) is 42.1 Å². The van der Waals surface area contributed by atoms with Crippen molar-refractivity contribution in [1.82, 2.24) is 20.5 Å². The van der Waals surface area contributed by atoms with E-state index in [4.69, 9.17) is 4.99 Å². The summed E-state index contributed by atoms with van der Waals surface area (Å²) in [6, 6.07) is 10.4. The fourth-order valence-electron chi connectivity index (χ4n) is 3.30. The minimum Gasteiger partial charge on any atom is -0.357 e. The third kappa shape index (κ3) is 4.31. The molecule has 2 aromatic rings. The molecule has 2 N–H and O–H groups in total. The van der Waals surface area contributed by atoms with Crippen LogP contribution in [0.5, 0.6) is 0 Å². The molecule has 26 heavy (non-hydrogen) atoms. The number of likely N-dealkylation sites (tertiary alicyclic amines) is 1. The van der Waals surface area contributed by atoms with Crippen molar-refractivity contribution < 1.29 is 4.79 Å². The van der Waals surface area contributed by atoms with Crippen LogP contribution in [0.15, 0.2) is 41.5 Å². The summed E-state index contributed by atoms with van der Waals surface area (Å²) in [5.74, 6) is 1.01. The molecule has 1 aliphatic heterocycles. The van der Waals surface area contributed by atoms with Gasteiger partial charge >= 0.3 is 0 Å². The number of hydrogen-bond donors (Lipinski definition) is 2. The Morgan fingerprint density at radius 2 is 2.15 bits per heavy atom. The summed E-state index contributed by atoms with van der Waals surface area (Å²) in [6.45, 7) is 6.88. The molecular formula is C20H27N5O. The van der Waals surface area contributed by atoms with Crippen molar-refractivity contribution in [3.8, 4) is 0 Å². The number of aliphatic imine (C=N–C) groups is 1. The first-order valence-electron chi connectivity index (χ1n) is 9.36. The smallest absolute Gasteiger partial charge is 0.222 e. The van der Waals surface area contributed by atoms with Crippen LogP contribution in [-0.4, -0.2) is 47.4 Å². The average Bonchev–Trinajstić information content (AvgIpc) is 3.14. The monoisotopic (exact) mass is 353 g/mol. The van der Waals surface area contributed by atoms with Crippen molar-refractivity contribution in [2.45, 2.75) is 39.3 Å². The first kappa shape index (κ1) is 18.2. The zero-order valence-corrected chi connectivity index (χ0v) is 15.5. The van der Waals surface area contributed by atoms with Crippen molar-refractivity contribution >= 4 is 22.8 Å². The van der Waals surface area contributed by atoms with Gasteiger partial charge in [0.2, 0.25) is 5.91 Å². The van der Waals surface area contributed by atoms with Crippen molar-refractivity contribution in [2.75, 3.05) is 19.6 Å². The second-order valence-electron chi connectivity index (χ2n) is 6.51. The van der Waals surface area contributed by atoms with E-state index < -0.39 is 0 Å². The Kier molecular flexibility index (Phi) is 6.04. The Bertz CT molecular complexity index is 783. The number of carbonyl (C=O) groups is 1. The minimum atomic E-state index is 0.220. The lowest BCUT2D eigenvalue weighted by Crippen LogP contribution is -2.45. The van der Waals surface area contributed by atoms with Gasteiger partial charge in [0.15, 0.2) is 5.96 Å². The van der Waals surface area contributed by atoms with Gasteiger partial charge in [0.05, 0.1) is 12.1 Å². The lowest BCUT2D eigenvalue weighted by molar-refractivity contribution is -0.129. The molecule has 0 radical (unpaired) electrons. The summed E-state index contributed by atoms with van der Waals surface area (Å²) in [7, 11) is 0. The zero-order chi connectivity index (χ0) is 18.4. The van der Waals surface area contributed by atoms with E-state index in [2.05, 4.69) is 40.7 Å². The summed E-state index contributed by atoms with van der Waals surface area (Å²) < 4.78 is 0. The van der Waals surface area contributed by atoms with Crippen LogP contribution in [0.25, 0.3) is 10.9 Å². The van der Waals surface area contributed by atoms with E-state index in [1.54, 1.807) is 0 Å². The third-order valence-electron chi connectivity index (χ3n) is 4.65. The van der Waals surface area contributed by atoms with Gasteiger partial charge in [-0.15, -0.1) is 0 Å². The van der Waals surface area contributed by atoms with Crippen LogP contribution in [0.2, 0.25) is 0 Å². The molecule has 6 heteroatoms.